The van der Waals surface area contributed by atoms with E-state index >= 15 is 0 Å². The van der Waals surface area contributed by atoms with Gasteiger partial charge < -0.3 is 5.32 Å². The molecule has 0 saturated heterocycles. The Kier molecular flexibility index (Phi) is 4.14. The van der Waals surface area contributed by atoms with Crippen molar-refractivity contribution in [2.75, 3.05) is 7.05 Å². The fraction of sp³-hybridized carbons (Fsp3) is 0.538. The summed E-state index contributed by atoms with van der Waals surface area (Å²) in [7, 11) is -1.31. The molecule has 0 aromatic heterocycles. The maximum atomic E-state index is 12.6. The van der Waals surface area contributed by atoms with Crippen LogP contribution in [-0.2, 0) is 9.84 Å². The molecule has 0 bridgehead atoms. The van der Waals surface area contributed by atoms with Crippen molar-refractivity contribution < 1.29 is 8.42 Å². The maximum absolute atomic E-state index is 12.6. The number of halogens is 1. The standard InChI is InChI=1S/C13H18BrNO2S/c1-9-12(15-2)7-8-13(9)18(16,17)11-5-3-10(14)4-6-11/h3-6,9,12-13,15H,7-8H2,1-2H3. The minimum absolute atomic E-state index is 0.156. The normalized spacial score (nSPS) is 28.5. The van der Waals surface area contributed by atoms with Gasteiger partial charge in [0.2, 0.25) is 0 Å². The highest BCUT2D eigenvalue weighted by Crippen LogP contribution is 2.34. The summed E-state index contributed by atoms with van der Waals surface area (Å²) in [6, 6.07) is 7.22. The van der Waals surface area contributed by atoms with Crippen molar-refractivity contribution in [2.45, 2.75) is 36.0 Å². The molecule has 1 aliphatic rings. The van der Waals surface area contributed by atoms with Crippen molar-refractivity contribution in [2.24, 2.45) is 5.92 Å². The molecule has 0 amide bonds. The lowest BCUT2D eigenvalue weighted by molar-refractivity contribution is 0.453. The van der Waals surface area contributed by atoms with E-state index in [1.165, 1.54) is 0 Å². The summed E-state index contributed by atoms with van der Waals surface area (Å²) in [6.45, 7) is 2.02. The molecule has 1 saturated carbocycles. The Labute approximate surface area is 117 Å². The van der Waals surface area contributed by atoms with E-state index in [1.807, 2.05) is 14.0 Å². The Morgan fingerprint density at radius 1 is 1.22 bits per heavy atom. The first-order valence-electron chi connectivity index (χ1n) is 6.13. The maximum Gasteiger partial charge on any atom is 0.181 e. The van der Waals surface area contributed by atoms with E-state index in [2.05, 4.69) is 21.2 Å². The highest BCUT2D eigenvalue weighted by molar-refractivity contribution is 9.10. The molecule has 0 spiro atoms. The lowest BCUT2D eigenvalue weighted by Gasteiger charge is -2.20. The molecule has 1 aromatic rings. The topological polar surface area (TPSA) is 46.2 Å². The molecule has 0 aliphatic heterocycles. The van der Waals surface area contributed by atoms with Crippen molar-refractivity contribution in [1.82, 2.24) is 5.32 Å². The van der Waals surface area contributed by atoms with Gasteiger partial charge in [-0.15, -0.1) is 0 Å². The van der Waals surface area contributed by atoms with Crippen LogP contribution in [0.5, 0.6) is 0 Å². The van der Waals surface area contributed by atoms with Gasteiger partial charge in [-0.3, -0.25) is 0 Å². The summed E-state index contributed by atoms with van der Waals surface area (Å²) in [4.78, 5) is 0.430. The monoisotopic (exact) mass is 331 g/mol. The number of rotatable bonds is 3. The molecule has 2 rings (SSSR count). The van der Waals surface area contributed by atoms with Crippen LogP contribution < -0.4 is 5.32 Å². The molecule has 0 radical (unpaired) electrons. The third-order valence-corrected chi connectivity index (χ3v) is 6.81. The molecule has 3 unspecified atom stereocenters. The fourth-order valence-electron chi connectivity index (χ4n) is 2.77. The Hall–Kier alpha value is -0.390. The molecule has 1 N–H and O–H groups in total. The molecule has 3 atom stereocenters. The van der Waals surface area contributed by atoms with Gasteiger partial charge in [0.25, 0.3) is 0 Å². The van der Waals surface area contributed by atoms with Gasteiger partial charge >= 0.3 is 0 Å². The van der Waals surface area contributed by atoms with Crippen molar-refractivity contribution in [3.8, 4) is 0 Å². The number of hydrogen-bond acceptors (Lipinski definition) is 3. The third kappa shape index (κ3) is 2.49. The van der Waals surface area contributed by atoms with E-state index in [0.717, 1.165) is 17.3 Å². The number of benzene rings is 1. The number of nitrogens with one attached hydrogen (secondary N) is 1. The predicted octanol–water partition coefficient (Wildman–Crippen LogP) is 2.61. The minimum atomic E-state index is -3.21. The minimum Gasteiger partial charge on any atom is -0.317 e. The van der Waals surface area contributed by atoms with Gasteiger partial charge in [-0.25, -0.2) is 8.42 Å². The average Bonchev–Trinajstić information content (AvgIpc) is 2.71. The first-order valence-corrected chi connectivity index (χ1v) is 8.47. The molecule has 1 aromatic carbocycles. The summed E-state index contributed by atoms with van der Waals surface area (Å²) in [6.07, 6.45) is 1.67. The summed E-state index contributed by atoms with van der Waals surface area (Å²) in [5.41, 5.74) is 0. The molecular weight excluding hydrogens is 314 g/mol. The van der Waals surface area contributed by atoms with Crippen LogP contribution >= 0.6 is 15.9 Å². The second-order valence-corrected chi connectivity index (χ2v) is 7.95. The van der Waals surface area contributed by atoms with Gasteiger partial charge in [0, 0.05) is 10.5 Å². The van der Waals surface area contributed by atoms with E-state index < -0.39 is 9.84 Å². The Bertz CT molecular complexity index is 512. The van der Waals surface area contributed by atoms with Crippen molar-refractivity contribution in [3.05, 3.63) is 28.7 Å². The molecule has 5 heteroatoms. The van der Waals surface area contributed by atoms with Crippen LogP contribution in [0.4, 0.5) is 0 Å². The summed E-state index contributed by atoms with van der Waals surface area (Å²) >= 11 is 3.32. The molecule has 1 fully saturated rings. The summed E-state index contributed by atoms with van der Waals surface area (Å²) < 4.78 is 26.0. The molecule has 0 heterocycles. The van der Waals surface area contributed by atoms with Gasteiger partial charge in [-0.2, -0.15) is 0 Å². The summed E-state index contributed by atoms with van der Waals surface area (Å²) in [5.74, 6) is 0.156. The Balaban J connectivity index is 2.30. The van der Waals surface area contributed by atoms with Gasteiger partial charge in [0.1, 0.15) is 0 Å². The zero-order valence-corrected chi connectivity index (χ0v) is 13.0. The first-order chi connectivity index (χ1) is 8.46. The molecular formula is C13H18BrNO2S. The predicted molar refractivity (Wildman–Crippen MR) is 76.4 cm³/mol. The van der Waals surface area contributed by atoms with Crippen molar-refractivity contribution >= 4 is 25.8 Å². The van der Waals surface area contributed by atoms with Crippen molar-refractivity contribution in [1.29, 1.82) is 0 Å². The third-order valence-electron chi connectivity index (χ3n) is 3.89. The number of sulfone groups is 1. The smallest absolute Gasteiger partial charge is 0.181 e. The number of hydrogen-bond donors (Lipinski definition) is 1. The zero-order chi connectivity index (χ0) is 13.3. The second kappa shape index (κ2) is 5.31. The molecule has 18 heavy (non-hydrogen) atoms. The van der Waals surface area contributed by atoms with Gasteiger partial charge in [0.15, 0.2) is 9.84 Å². The quantitative estimate of drug-likeness (QED) is 0.926. The zero-order valence-electron chi connectivity index (χ0n) is 10.6. The van der Waals surface area contributed by atoms with Crippen LogP contribution in [0.3, 0.4) is 0 Å². The van der Waals surface area contributed by atoms with E-state index in [0.29, 0.717) is 10.9 Å². The highest BCUT2D eigenvalue weighted by atomic mass is 79.9. The van der Waals surface area contributed by atoms with Gasteiger partial charge in [-0.1, -0.05) is 22.9 Å². The molecule has 3 nitrogen and oxygen atoms in total. The van der Waals surface area contributed by atoms with Crippen LogP contribution in [0.1, 0.15) is 19.8 Å². The van der Waals surface area contributed by atoms with Crippen LogP contribution in [0.15, 0.2) is 33.6 Å². The van der Waals surface area contributed by atoms with E-state index in [-0.39, 0.29) is 11.2 Å². The van der Waals surface area contributed by atoms with E-state index in [4.69, 9.17) is 0 Å². The van der Waals surface area contributed by atoms with Crippen LogP contribution in [0.25, 0.3) is 0 Å². The van der Waals surface area contributed by atoms with Gasteiger partial charge in [-0.05, 0) is 50.1 Å². The van der Waals surface area contributed by atoms with E-state index in [9.17, 15) is 8.42 Å². The van der Waals surface area contributed by atoms with E-state index in [1.54, 1.807) is 24.3 Å². The largest absolute Gasteiger partial charge is 0.317 e. The first kappa shape index (κ1) is 14.0. The van der Waals surface area contributed by atoms with Crippen LogP contribution in [-0.4, -0.2) is 26.8 Å². The average molecular weight is 332 g/mol. The SMILES string of the molecule is CNC1CCC(S(=O)(=O)c2ccc(Br)cc2)C1C. The Morgan fingerprint density at radius 2 is 1.83 bits per heavy atom. The fourth-order valence-corrected chi connectivity index (χ4v) is 5.10. The second-order valence-electron chi connectivity index (χ2n) is 4.87. The lowest BCUT2D eigenvalue weighted by Crippen LogP contribution is -2.34. The highest BCUT2D eigenvalue weighted by Gasteiger charge is 2.40. The molecule has 1 aliphatic carbocycles. The lowest BCUT2D eigenvalue weighted by atomic mass is 10.1. The molecule has 100 valence electrons. The van der Waals surface area contributed by atoms with Crippen molar-refractivity contribution in [3.63, 3.8) is 0 Å². The van der Waals surface area contributed by atoms with Gasteiger partial charge in [0.05, 0.1) is 10.1 Å². The summed E-state index contributed by atoms with van der Waals surface area (Å²) in [5, 5.41) is 2.94. The van der Waals surface area contributed by atoms with Crippen LogP contribution in [0.2, 0.25) is 0 Å². The van der Waals surface area contributed by atoms with Crippen LogP contribution in [0, 0.1) is 5.92 Å². The Morgan fingerprint density at radius 3 is 2.33 bits per heavy atom.